The molecule has 0 saturated heterocycles. The molecule has 4 aromatic heterocycles. The van der Waals surface area contributed by atoms with Crippen LogP contribution in [0.2, 0.25) is 0 Å². The van der Waals surface area contributed by atoms with Crippen LogP contribution in [-0.2, 0) is 0 Å². The third kappa shape index (κ3) is 3.12. The summed E-state index contributed by atoms with van der Waals surface area (Å²) in [6, 6.07) is 8.82. The Hall–Kier alpha value is -3.68. The maximum absolute atomic E-state index is 12.9. The number of hydrogen-bond acceptors (Lipinski definition) is 7. The van der Waals surface area contributed by atoms with Crippen molar-refractivity contribution in [2.24, 2.45) is 0 Å². The van der Waals surface area contributed by atoms with Gasteiger partial charge in [-0.25, -0.2) is 9.97 Å². The number of carbonyl (C=O) groups is 1. The van der Waals surface area contributed by atoms with Crippen molar-refractivity contribution in [3.8, 4) is 11.5 Å². The minimum atomic E-state index is -0.305. The molecule has 0 aliphatic carbocycles. The topological polar surface area (TPSA) is 97.3 Å². The van der Waals surface area contributed by atoms with Gasteiger partial charge >= 0.3 is 0 Å². The maximum atomic E-state index is 12.9. The first-order chi connectivity index (χ1) is 13.0. The van der Waals surface area contributed by atoms with Crippen LogP contribution < -0.4 is 10.2 Å². The standard InChI is InChI=1S/C19H17N5O3/c1-11-17-13(18(25)21-12-6-7-16(20-10-12)24(2)3)9-14(15-5-4-8-26-15)22-19(17)27-23-11/h4-10H,1-3H3,(H,21,25). The average Bonchev–Trinajstić information content (AvgIpc) is 3.32. The van der Waals surface area contributed by atoms with E-state index in [2.05, 4.69) is 20.4 Å². The summed E-state index contributed by atoms with van der Waals surface area (Å²) in [7, 11) is 3.80. The molecule has 0 unspecified atom stereocenters. The van der Waals surface area contributed by atoms with E-state index in [9.17, 15) is 4.79 Å². The van der Waals surface area contributed by atoms with Crippen molar-refractivity contribution in [2.45, 2.75) is 6.92 Å². The van der Waals surface area contributed by atoms with Gasteiger partial charge < -0.3 is 19.2 Å². The normalized spacial score (nSPS) is 10.9. The zero-order valence-electron chi connectivity index (χ0n) is 15.1. The number of furan rings is 1. The minimum absolute atomic E-state index is 0.285. The summed E-state index contributed by atoms with van der Waals surface area (Å²) in [5, 5.41) is 7.36. The van der Waals surface area contributed by atoms with Gasteiger partial charge in [0.25, 0.3) is 11.6 Å². The number of aryl methyl sites for hydroxylation is 1. The zero-order chi connectivity index (χ0) is 19.0. The van der Waals surface area contributed by atoms with Gasteiger partial charge in [0, 0.05) is 14.1 Å². The summed E-state index contributed by atoms with van der Waals surface area (Å²) in [4.78, 5) is 23.5. The minimum Gasteiger partial charge on any atom is -0.463 e. The van der Waals surface area contributed by atoms with Crippen molar-refractivity contribution >= 4 is 28.5 Å². The van der Waals surface area contributed by atoms with E-state index < -0.39 is 0 Å². The average molecular weight is 363 g/mol. The molecule has 1 N–H and O–H groups in total. The van der Waals surface area contributed by atoms with Crippen LogP contribution in [0.4, 0.5) is 11.5 Å². The molecule has 0 aliphatic heterocycles. The van der Waals surface area contributed by atoms with E-state index in [4.69, 9.17) is 8.94 Å². The molecule has 1 amide bonds. The number of aromatic nitrogens is 3. The lowest BCUT2D eigenvalue weighted by Crippen LogP contribution is -2.14. The van der Waals surface area contributed by atoms with Crippen LogP contribution in [-0.4, -0.2) is 35.1 Å². The second-order valence-corrected chi connectivity index (χ2v) is 6.23. The van der Waals surface area contributed by atoms with Gasteiger partial charge in [-0.1, -0.05) is 5.16 Å². The van der Waals surface area contributed by atoms with Crippen molar-refractivity contribution in [3.63, 3.8) is 0 Å². The predicted octanol–water partition coefficient (Wildman–Crippen LogP) is 3.50. The first kappa shape index (κ1) is 16.8. The molecular formula is C19H17N5O3. The van der Waals surface area contributed by atoms with Crippen LogP contribution in [0.25, 0.3) is 22.6 Å². The molecule has 27 heavy (non-hydrogen) atoms. The zero-order valence-corrected chi connectivity index (χ0v) is 15.1. The summed E-state index contributed by atoms with van der Waals surface area (Å²) in [6.45, 7) is 1.77. The van der Waals surface area contributed by atoms with Crippen LogP contribution in [0.15, 0.2) is 51.7 Å². The first-order valence-corrected chi connectivity index (χ1v) is 8.28. The molecule has 0 aromatic carbocycles. The van der Waals surface area contributed by atoms with Gasteiger partial charge in [-0.2, -0.15) is 0 Å². The Morgan fingerprint density at radius 1 is 1.22 bits per heavy atom. The largest absolute Gasteiger partial charge is 0.463 e. The van der Waals surface area contributed by atoms with Gasteiger partial charge in [0.15, 0.2) is 5.76 Å². The quantitative estimate of drug-likeness (QED) is 0.592. The molecule has 8 heteroatoms. The van der Waals surface area contributed by atoms with Crippen LogP contribution >= 0.6 is 0 Å². The molecule has 0 atom stereocenters. The van der Waals surface area contributed by atoms with E-state index in [0.29, 0.717) is 33.8 Å². The van der Waals surface area contributed by atoms with Gasteiger partial charge in [0.05, 0.1) is 34.8 Å². The van der Waals surface area contributed by atoms with Crippen LogP contribution in [0, 0.1) is 6.92 Å². The van der Waals surface area contributed by atoms with Crippen molar-refractivity contribution < 1.29 is 13.7 Å². The highest BCUT2D eigenvalue weighted by atomic mass is 16.5. The molecule has 0 bridgehead atoms. The Morgan fingerprint density at radius 3 is 2.74 bits per heavy atom. The monoisotopic (exact) mass is 363 g/mol. The lowest BCUT2D eigenvalue weighted by Gasteiger charge is -2.12. The number of hydrogen-bond donors (Lipinski definition) is 1. The number of nitrogens with zero attached hydrogens (tertiary/aromatic N) is 4. The number of rotatable bonds is 4. The molecule has 0 saturated carbocycles. The van der Waals surface area contributed by atoms with Gasteiger partial charge in [0.1, 0.15) is 11.5 Å². The van der Waals surface area contributed by atoms with Crippen molar-refractivity contribution in [2.75, 3.05) is 24.3 Å². The number of anilines is 2. The van der Waals surface area contributed by atoms with Gasteiger partial charge in [-0.15, -0.1) is 0 Å². The number of pyridine rings is 2. The molecule has 4 rings (SSSR count). The predicted molar refractivity (Wildman–Crippen MR) is 101 cm³/mol. The fourth-order valence-electron chi connectivity index (χ4n) is 2.75. The lowest BCUT2D eigenvalue weighted by atomic mass is 10.1. The van der Waals surface area contributed by atoms with E-state index >= 15 is 0 Å². The van der Waals surface area contributed by atoms with E-state index in [1.54, 1.807) is 43.6 Å². The second kappa shape index (κ2) is 6.56. The number of fused-ring (bicyclic) bond motifs is 1. The van der Waals surface area contributed by atoms with Crippen molar-refractivity contribution in [3.05, 3.63) is 54.0 Å². The number of amides is 1. The highest BCUT2D eigenvalue weighted by molar-refractivity contribution is 6.12. The summed E-state index contributed by atoms with van der Waals surface area (Å²) in [5.41, 5.74) is 2.36. The second-order valence-electron chi connectivity index (χ2n) is 6.23. The van der Waals surface area contributed by atoms with E-state index in [1.165, 1.54) is 0 Å². The van der Waals surface area contributed by atoms with Gasteiger partial charge in [0.2, 0.25) is 0 Å². The molecule has 0 fully saturated rings. The first-order valence-electron chi connectivity index (χ1n) is 8.28. The smallest absolute Gasteiger partial charge is 0.259 e. The van der Waals surface area contributed by atoms with Crippen LogP contribution in [0.5, 0.6) is 0 Å². The SMILES string of the molecule is Cc1noc2nc(-c3ccco3)cc(C(=O)Nc3ccc(N(C)C)nc3)c12. The molecular weight excluding hydrogens is 346 g/mol. The molecule has 0 spiro atoms. The number of nitrogens with one attached hydrogen (secondary N) is 1. The summed E-state index contributed by atoms with van der Waals surface area (Å²) < 4.78 is 10.7. The van der Waals surface area contributed by atoms with Crippen molar-refractivity contribution in [1.82, 2.24) is 15.1 Å². The molecule has 8 nitrogen and oxygen atoms in total. The summed E-state index contributed by atoms with van der Waals surface area (Å²) in [5.74, 6) is 1.03. The molecule has 4 aromatic rings. The Balaban J connectivity index is 1.73. The Labute approximate surface area is 154 Å². The molecule has 0 aliphatic rings. The van der Waals surface area contributed by atoms with E-state index in [0.717, 1.165) is 5.82 Å². The molecule has 0 radical (unpaired) electrons. The Morgan fingerprint density at radius 2 is 2.07 bits per heavy atom. The van der Waals surface area contributed by atoms with Gasteiger partial charge in [-0.05, 0) is 37.3 Å². The highest BCUT2D eigenvalue weighted by Gasteiger charge is 2.20. The van der Waals surface area contributed by atoms with Crippen LogP contribution in [0.3, 0.4) is 0 Å². The fraction of sp³-hybridized carbons (Fsp3) is 0.158. The van der Waals surface area contributed by atoms with Crippen molar-refractivity contribution in [1.29, 1.82) is 0 Å². The summed E-state index contributed by atoms with van der Waals surface area (Å²) >= 11 is 0. The van der Waals surface area contributed by atoms with Gasteiger partial charge in [-0.3, -0.25) is 4.79 Å². The van der Waals surface area contributed by atoms with Crippen LogP contribution in [0.1, 0.15) is 16.1 Å². The number of carbonyl (C=O) groups excluding carboxylic acids is 1. The molecule has 136 valence electrons. The fourth-order valence-corrected chi connectivity index (χ4v) is 2.75. The summed E-state index contributed by atoms with van der Waals surface area (Å²) in [6.07, 6.45) is 3.16. The van der Waals surface area contributed by atoms with E-state index in [-0.39, 0.29) is 11.6 Å². The molecule has 4 heterocycles. The highest BCUT2D eigenvalue weighted by Crippen LogP contribution is 2.28. The van der Waals surface area contributed by atoms with E-state index in [1.807, 2.05) is 25.1 Å². The lowest BCUT2D eigenvalue weighted by molar-refractivity contribution is 0.102. The third-order valence-corrected chi connectivity index (χ3v) is 4.10. The maximum Gasteiger partial charge on any atom is 0.259 e. The Bertz CT molecular complexity index is 1100. The third-order valence-electron chi connectivity index (χ3n) is 4.10. The Kier molecular flexibility index (Phi) is 4.08.